The SMILES string of the molecule is CCOC(=O)c1nn(CCC(F)(F)F)c2c1CN(C(=O)c1csc(C)n1)CC2. The number of amides is 1. The maximum Gasteiger partial charge on any atom is 0.390 e. The first-order valence-electron chi connectivity index (χ1n) is 8.73. The first-order valence-corrected chi connectivity index (χ1v) is 9.61. The molecule has 3 heterocycles. The summed E-state index contributed by atoms with van der Waals surface area (Å²) >= 11 is 1.35. The number of carbonyl (C=O) groups is 2. The van der Waals surface area contributed by atoms with Gasteiger partial charge in [-0.05, 0) is 13.8 Å². The van der Waals surface area contributed by atoms with E-state index in [0.29, 0.717) is 29.9 Å². The van der Waals surface area contributed by atoms with Gasteiger partial charge in [-0.1, -0.05) is 0 Å². The summed E-state index contributed by atoms with van der Waals surface area (Å²) in [5, 5.41) is 6.49. The van der Waals surface area contributed by atoms with E-state index in [2.05, 4.69) is 10.1 Å². The molecule has 1 aliphatic rings. The Bertz CT molecular complexity index is 891. The van der Waals surface area contributed by atoms with Crippen molar-refractivity contribution in [3.05, 3.63) is 33.0 Å². The lowest BCUT2D eigenvalue weighted by molar-refractivity contribution is -0.137. The van der Waals surface area contributed by atoms with E-state index in [1.165, 1.54) is 20.9 Å². The van der Waals surface area contributed by atoms with Crippen molar-refractivity contribution in [2.45, 2.75) is 46.0 Å². The van der Waals surface area contributed by atoms with Crippen LogP contribution in [0.5, 0.6) is 0 Å². The van der Waals surface area contributed by atoms with Gasteiger partial charge in [-0.3, -0.25) is 9.48 Å². The van der Waals surface area contributed by atoms with Gasteiger partial charge in [0.25, 0.3) is 5.91 Å². The van der Waals surface area contributed by atoms with Gasteiger partial charge >= 0.3 is 12.1 Å². The Hall–Kier alpha value is -2.43. The molecule has 0 N–H and O–H groups in total. The smallest absolute Gasteiger partial charge is 0.390 e. The molecular weight excluding hydrogens is 397 g/mol. The second kappa shape index (κ2) is 7.90. The second-order valence-corrected chi connectivity index (χ2v) is 7.37. The molecule has 0 fully saturated rings. The average Bonchev–Trinajstić information content (AvgIpc) is 3.22. The van der Waals surface area contributed by atoms with Crippen LogP contribution in [0.15, 0.2) is 5.38 Å². The molecule has 3 rings (SSSR count). The molecule has 0 atom stereocenters. The van der Waals surface area contributed by atoms with Crippen LogP contribution in [0.2, 0.25) is 0 Å². The van der Waals surface area contributed by atoms with Crippen LogP contribution in [0.25, 0.3) is 0 Å². The first kappa shape index (κ1) is 20.3. The number of ether oxygens (including phenoxy) is 1. The topological polar surface area (TPSA) is 77.3 Å². The quantitative estimate of drug-likeness (QED) is 0.701. The molecule has 11 heteroatoms. The monoisotopic (exact) mass is 416 g/mol. The molecule has 0 bridgehead atoms. The summed E-state index contributed by atoms with van der Waals surface area (Å²) in [6.07, 6.45) is -5.08. The van der Waals surface area contributed by atoms with Crippen LogP contribution in [0.1, 0.15) is 50.6 Å². The molecule has 0 aliphatic carbocycles. The Morgan fingerprint density at radius 1 is 1.36 bits per heavy atom. The lowest BCUT2D eigenvalue weighted by Gasteiger charge is -2.27. The molecule has 0 saturated heterocycles. The fraction of sp³-hybridized carbons (Fsp3) is 0.529. The van der Waals surface area contributed by atoms with Crippen molar-refractivity contribution in [2.24, 2.45) is 0 Å². The predicted molar refractivity (Wildman–Crippen MR) is 94.2 cm³/mol. The molecule has 0 aromatic carbocycles. The number of aromatic nitrogens is 3. The van der Waals surface area contributed by atoms with E-state index in [9.17, 15) is 22.8 Å². The van der Waals surface area contributed by atoms with Gasteiger partial charge in [-0.2, -0.15) is 18.3 Å². The summed E-state index contributed by atoms with van der Waals surface area (Å²) in [4.78, 5) is 30.6. The van der Waals surface area contributed by atoms with E-state index >= 15 is 0 Å². The predicted octanol–water partition coefficient (Wildman–Crippen LogP) is 2.98. The maximum atomic E-state index is 12.7. The Morgan fingerprint density at radius 2 is 2.11 bits per heavy atom. The number of esters is 1. The van der Waals surface area contributed by atoms with Crippen LogP contribution in [0.4, 0.5) is 13.2 Å². The van der Waals surface area contributed by atoms with Crippen molar-refractivity contribution in [1.82, 2.24) is 19.7 Å². The Kier molecular flexibility index (Phi) is 5.73. The fourth-order valence-electron chi connectivity index (χ4n) is 3.07. The highest BCUT2D eigenvalue weighted by Gasteiger charge is 2.33. The van der Waals surface area contributed by atoms with Crippen LogP contribution >= 0.6 is 11.3 Å². The number of fused-ring (bicyclic) bond motifs is 1. The zero-order valence-corrected chi connectivity index (χ0v) is 16.2. The standard InChI is InChI=1S/C17H19F3N4O3S/c1-3-27-16(26)14-11-8-23(15(25)12-9-28-10(2)21-12)6-4-13(11)24(22-14)7-5-17(18,19)20/h9H,3-8H2,1-2H3. The largest absolute Gasteiger partial charge is 0.461 e. The van der Waals surface area contributed by atoms with Crippen molar-refractivity contribution in [3.63, 3.8) is 0 Å². The Balaban J connectivity index is 1.88. The number of hydrogen-bond donors (Lipinski definition) is 0. The van der Waals surface area contributed by atoms with E-state index in [1.54, 1.807) is 19.2 Å². The summed E-state index contributed by atoms with van der Waals surface area (Å²) in [6.45, 7) is 3.53. The lowest BCUT2D eigenvalue weighted by atomic mass is 10.0. The van der Waals surface area contributed by atoms with Gasteiger partial charge in [-0.25, -0.2) is 9.78 Å². The van der Waals surface area contributed by atoms with Gasteiger partial charge in [0.2, 0.25) is 0 Å². The van der Waals surface area contributed by atoms with E-state index in [4.69, 9.17) is 4.74 Å². The van der Waals surface area contributed by atoms with E-state index in [0.717, 1.165) is 5.01 Å². The third-order valence-electron chi connectivity index (χ3n) is 4.34. The number of carbonyl (C=O) groups excluding carboxylic acids is 2. The van der Waals surface area contributed by atoms with Crippen LogP contribution in [-0.4, -0.2) is 50.9 Å². The minimum absolute atomic E-state index is 0.0361. The fourth-order valence-corrected chi connectivity index (χ4v) is 3.66. The molecule has 152 valence electrons. The third kappa shape index (κ3) is 4.34. The number of aryl methyl sites for hydroxylation is 2. The van der Waals surface area contributed by atoms with Crippen molar-refractivity contribution in [2.75, 3.05) is 13.2 Å². The van der Waals surface area contributed by atoms with Crippen molar-refractivity contribution in [3.8, 4) is 0 Å². The lowest BCUT2D eigenvalue weighted by Crippen LogP contribution is -2.37. The maximum absolute atomic E-state index is 12.7. The van der Waals surface area contributed by atoms with E-state index < -0.39 is 18.6 Å². The molecule has 0 unspecified atom stereocenters. The normalized spacial score (nSPS) is 14.1. The zero-order chi connectivity index (χ0) is 20.5. The van der Waals surface area contributed by atoms with Crippen molar-refractivity contribution in [1.29, 1.82) is 0 Å². The van der Waals surface area contributed by atoms with Crippen LogP contribution in [0, 0.1) is 6.92 Å². The first-order chi connectivity index (χ1) is 13.2. The molecular formula is C17H19F3N4O3S. The number of hydrogen-bond acceptors (Lipinski definition) is 6. The van der Waals surface area contributed by atoms with Gasteiger partial charge in [0.1, 0.15) is 5.69 Å². The number of alkyl halides is 3. The molecule has 0 spiro atoms. The summed E-state index contributed by atoms with van der Waals surface area (Å²) in [6, 6.07) is 0. The van der Waals surface area contributed by atoms with Gasteiger partial charge < -0.3 is 9.64 Å². The summed E-state index contributed by atoms with van der Waals surface area (Å²) in [5.41, 5.74) is 1.25. The number of nitrogens with zero attached hydrogens (tertiary/aromatic N) is 4. The molecule has 1 amide bonds. The average molecular weight is 416 g/mol. The molecule has 7 nitrogen and oxygen atoms in total. The van der Waals surface area contributed by atoms with Crippen molar-refractivity contribution >= 4 is 23.2 Å². The molecule has 0 radical (unpaired) electrons. The molecule has 0 saturated carbocycles. The summed E-state index contributed by atoms with van der Waals surface area (Å²) in [5.74, 6) is -0.990. The molecule has 2 aromatic heterocycles. The highest BCUT2D eigenvalue weighted by Crippen LogP contribution is 2.27. The Labute approximate surface area is 163 Å². The van der Waals surface area contributed by atoms with Gasteiger partial charge in [0.15, 0.2) is 5.69 Å². The van der Waals surface area contributed by atoms with Crippen molar-refractivity contribution < 1.29 is 27.5 Å². The van der Waals surface area contributed by atoms with Gasteiger partial charge in [-0.15, -0.1) is 11.3 Å². The highest BCUT2D eigenvalue weighted by molar-refractivity contribution is 7.09. The van der Waals surface area contributed by atoms with E-state index in [-0.39, 0.29) is 31.3 Å². The second-order valence-electron chi connectivity index (χ2n) is 6.31. The zero-order valence-electron chi connectivity index (χ0n) is 15.4. The third-order valence-corrected chi connectivity index (χ3v) is 5.11. The van der Waals surface area contributed by atoms with E-state index in [1.807, 2.05) is 0 Å². The summed E-state index contributed by atoms with van der Waals surface area (Å²) in [7, 11) is 0. The van der Waals surface area contributed by atoms with Crippen LogP contribution in [-0.2, 0) is 24.2 Å². The van der Waals surface area contributed by atoms with Crippen LogP contribution < -0.4 is 0 Å². The molecule has 28 heavy (non-hydrogen) atoms. The Morgan fingerprint density at radius 3 is 2.71 bits per heavy atom. The highest BCUT2D eigenvalue weighted by atomic mass is 32.1. The van der Waals surface area contributed by atoms with Crippen LogP contribution in [0.3, 0.4) is 0 Å². The number of rotatable bonds is 5. The van der Waals surface area contributed by atoms with Gasteiger partial charge in [0, 0.05) is 36.1 Å². The minimum Gasteiger partial charge on any atom is -0.461 e. The molecule has 2 aromatic rings. The summed E-state index contributed by atoms with van der Waals surface area (Å²) < 4.78 is 44.1. The number of thiazole rings is 1. The minimum atomic E-state index is -4.33. The number of halogens is 3. The molecule has 1 aliphatic heterocycles. The van der Waals surface area contributed by atoms with Gasteiger partial charge in [0.05, 0.1) is 24.6 Å².